The second kappa shape index (κ2) is 5.20. The maximum atomic E-state index is 12.9. The highest BCUT2D eigenvalue weighted by Crippen LogP contribution is 2.35. The van der Waals surface area contributed by atoms with Crippen LogP contribution in [0, 0.1) is 11.3 Å². The Kier molecular flexibility index (Phi) is 4.00. The number of amides is 1. The Balaban J connectivity index is 2.12. The smallest absolute Gasteiger partial charge is 0.228 e. The summed E-state index contributed by atoms with van der Waals surface area (Å²) in [5.74, 6) is 0.958. The van der Waals surface area contributed by atoms with E-state index in [-0.39, 0.29) is 5.41 Å². The van der Waals surface area contributed by atoms with Crippen LogP contribution in [0.15, 0.2) is 0 Å². The van der Waals surface area contributed by atoms with Crippen LogP contribution in [0.3, 0.4) is 0 Å². The third-order valence-electron chi connectivity index (χ3n) is 4.39. The minimum absolute atomic E-state index is 0.209. The first-order chi connectivity index (χ1) is 8.42. The molecule has 0 aromatic rings. The van der Waals surface area contributed by atoms with Gasteiger partial charge in [-0.15, -0.1) is 0 Å². The molecule has 0 aromatic heterocycles. The van der Waals surface area contributed by atoms with Crippen molar-refractivity contribution in [1.82, 2.24) is 10.2 Å². The number of nitrogens with zero attached hydrogens (tertiary/aromatic N) is 1. The molecule has 3 nitrogen and oxygen atoms in total. The summed E-state index contributed by atoms with van der Waals surface area (Å²) in [5.41, 5.74) is -0.209. The van der Waals surface area contributed by atoms with Crippen molar-refractivity contribution in [3.8, 4) is 0 Å². The Morgan fingerprint density at radius 2 is 1.94 bits per heavy atom. The lowest BCUT2D eigenvalue weighted by molar-refractivity contribution is -0.144. The number of fused-ring (bicyclic) bond motifs is 2. The number of rotatable bonds is 3. The number of hydrogen-bond donors (Lipinski definition) is 1. The molecule has 1 N–H and O–H groups in total. The third kappa shape index (κ3) is 2.71. The van der Waals surface area contributed by atoms with Gasteiger partial charge in [0.2, 0.25) is 5.91 Å². The zero-order valence-electron chi connectivity index (χ0n) is 12.3. The lowest BCUT2D eigenvalue weighted by Gasteiger charge is -2.36. The van der Waals surface area contributed by atoms with E-state index in [2.05, 4.69) is 37.9 Å². The molecule has 2 aliphatic heterocycles. The zero-order valence-corrected chi connectivity index (χ0v) is 12.3. The minimum Gasteiger partial charge on any atom is -0.335 e. The fraction of sp³-hybridized carbons (Fsp3) is 0.933. The molecule has 0 spiro atoms. The summed E-state index contributed by atoms with van der Waals surface area (Å²) in [6.07, 6.45) is 4.49. The molecule has 2 atom stereocenters. The standard InChI is InChI=1S/C15H28N2O/c1-11(2)9-15(3,4)14(18)17-12-5-6-13(17)10-16-8-7-12/h11-13,16H,5-10H2,1-4H3. The normalized spacial score (nSPS) is 28.6. The van der Waals surface area contributed by atoms with E-state index in [1.54, 1.807) is 0 Å². The van der Waals surface area contributed by atoms with Crippen molar-refractivity contribution in [3.63, 3.8) is 0 Å². The summed E-state index contributed by atoms with van der Waals surface area (Å²) >= 11 is 0. The van der Waals surface area contributed by atoms with E-state index in [4.69, 9.17) is 0 Å². The molecule has 2 bridgehead atoms. The second-order valence-electron chi connectivity index (χ2n) is 7.07. The van der Waals surface area contributed by atoms with E-state index < -0.39 is 0 Å². The van der Waals surface area contributed by atoms with Crippen molar-refractivity contribution < 1.29 is 4.79 Å². The largest absolute Gasteiger partial charge is 0.335 e. The van der Waals surface area contributed by atoms with Crippen molar-refractivity contribution in [3.05, 3.63) is 0 Å². The van der Waals surface area contributed by atoms with Crippen LogP contribution in [0.2, 0.25) is 0 Å². The molecule has 2 fully saturated rings. The van der Waals surface area contributed by atoms with E-state index in [0.717, 1.165) is 25.9 Å². The van der Waals surface area contributed by atoms with Crippen molar-refractivity contribution in [2.24, 2.45) is 11.3 Å². The minimum atomic E-state index is -0.209. The fourth-order valence-corrected chi connectivity index (χ4v) is 3.77. The quantitative estimate of drug-likeness (QED) is 0.836. The van der Waals surface area contributed by atoms with Gasteiger partial charge in [-0.3, -0.25) is 4.79 Å². The van der Waals surface area contributed by atoms with Crippen molar-refractivity contribution in [1.29, 1.82) is 0 Å². The molecule has 0 aliphatic carbocycles. The highest BCUT2D eigenvalue weighted by molar-refractivity contribution is 5.83. The molecule has 2 heterocycles. The van der Waals surface area contributed by atoms with Crippen LogP contribution in [0.5, 0.6) is 0 Å². The SMILES string of the molecule is CC(C)CC(C)(C)C(=O)N1C2CCNCC1CC2. The monoisotopic (exact) mass is 252 g/mol. The van der Waals surface area contributed by atoms with Gasteiger partial charge in [0.15, 0.2) is 0 Å². The maximum absolute atomic E-state index is 12.9. The van der Waals surface area contributed by atoms with Crippen LogP contribution < -0.4 is 5.32 Å². The summed E-state index contributed by atoms with van der Waals surface area (Å²) in [6, 6.07) is 0.931. The van der Waals surface area contributed by atoms with Gasteiger partial charge in [0.1, 0.15) is 0 Å². The Labute approximate surface area is 111 Å². The average Bonchev–Trinajstić information content (AvgIpc) is 2.49. The average molecular weight is 252 g/mol. The first-order valence-corrected chi connectivity index (χ1v) is 7.45. The molecule has 2 unspecified atom stereocenters. The number of hydrogen-bond acceptors (Lipinski definition) is 2. The summed E-state index contributed by atoms with van der Waals surface area (Å²) in [6.45, 7) is 10.7. The van der Waals surface area contributed by atoms with E-state index in [0.29, 0.717) is 23.9 Å². The van der Waals surface area contributed by atoms with E-state index in [1.165, 1.54) is 12.8 Å². The summed E-state index contributed by atoms with van der Waals surface area (Å²) < 4.78 is 0. The molecule has 2 rings (SSSR count). The van der Waals surface area contributed by atoms with Crippen molar-refractivity contribution in [2.75, 3.05) is 13.1 Å². The zero-order chi connectivity index (χ0) is 13.3. The molecular weight excluding hydrogens is 224 g/mol. The summed E-state index contributed by atoms with van der Waals surface area (Å²) in [5, 5.41) is 3.46. The van der Waals surface area contributed by atoms with Gasteiger partial charge >= 0.3 is 0 Å². The second-order valence-corrected chi connectivity index (χ2v) is 7.07. The Bertz CT molecular complexity index is 298. The van der Waals surface area contributed by atoms with Gasteiger partial charge in [-0.1, -0.05) is 27.7 Å². The topological polar surface area (TPSA) is 32.3 Å². The van der Waals surface area contributed by atoms with Crippen LogP contribution in [-0.2, 0) is 4.79 Å². The van der Waals surface area contributed by atoms with Gasteiger partial charge in [0, 0.05) is 24.0 Å². The Morgan fingerprint density at radius 1 is 1.28 bits per heavy atom. The molecule has 18 heavy (non-hydrogen) atoms. The molecular formula is C15H28N2O. The van der Waals surface area contributed by atoms with Crippen LogP contribution in [0.4, 0.5) is 0 Å². The Morgan fingerprint density at radius 3 is 2.61 bits per heavy atom. The van der Waals surface area contributed by atoms with Gasteiger partial charge in [-0.2, -0.15) is 0 Å². The molecule has 0 radical (unpaired) electrons. The highest BCUT2D eigenvalue weighted by Gasteiger charge is 2.43. The van der Waals surface area contributed by atoms with Gasteiger partial charge in [0.05, 0.1) is 0 Å². The number of carbonyl (C=O) groups is 1. The predicted molar refractivity (Wildman–Crippen MR) is 74.4 cm³/mol. The van der Waals surface area contributed by atoms with E-state index in [9.17, 15) is 4.79 Å². The summed E-state index contributed by atoms with van der Waals surface area (Å²) in [7, 11) is 0. The fourth-order valence-electron chi connectivity index (χ4n) is 3.77. The summed E-state index contributed by atoms with van der Waals surface area (Å²) in [4.78, 5) is 15.1. The van der Waals surface area contributed by atoms with Crippen LogP contribution in [-0.4, -0.2) is 36.0 Å². The predicted octanol–water partition coefficient (Wildman–Crippen LogP) is 2.41. The maximum Gasteiger partial charge on any atom is 0.228 e. The molecule has 3 heteroatoms. The van der Waals surface area contributed by atoms with E-state index >= 15 is 0 Å². The van der Waals surface area contributed by atoms with Gasteiger partial charge in [-0.25, -0.2) is 0 Å². The van der Waals surface area contributed by atoms with Gasteiger partial charge < -0.3 is 10.2 Å². The first-order valence-electron chi connectivity index (χ1n) is 7.45. The lowest BCUT2D eigenvalue weighted by atomic mass is 9.82. The van der Waals surface area contributed by atoms with Crippen LogP contribution >= 0.6 is 0 Å². The third-order valence-corrected chi connectivity index (χ3v) is 4.39. The molecule has 1 amide bonds. The number of nitrogens with one attached hydrogen (secondary N) is 1. The van der Waals surface area contributed by atoms with Gasteiger partial charge in [0.25, 0.3) is 0 Å². The number of carbonyl (C=O) groups excluding carboxylic acids is 1. The van der Waals surface area contributed by atoms with Gasteiger partial charge in [-0.05, 0) is 38.1 Å². The molecule has 104 valence electrons. The first kappa shape index (κ1) is 13.9. The Hall–Kier alpha value is -0.570. The highest BCUT2D eigenvalue weighted by atomic mass is 16.2. The molecule has 0 saturated carbocycles. The van der Waals surface area contributed by atoms with Crippen LogP contribution in [0.1, 0.15) is 53.4 Å². The molecule has 2 saturated heterocycles. The molecule has 2 aliphatic rings. The van der Waals surface area contributed by atoms with E-state index in [1.807, 2.05) is 0 Å². The van der Waals surface area contributed by atoms with Crippen LogP contribution in [0.25, 0.3) is 0 Å². The van der Waals surface area contributed by atoms with Crippen molar-refractivity contribution in [2.45, 2.75) is 65.5 Å². The van der Waals surface area contributed by atoms with Crippen molar-refractivity contribution >= 4 is 5.91 Å². The lowest BCUT2D eigenvalue weighted by Crippen LogP contribution is -2.48. The molecule has 0 aromatic carbocycles.